The summed E-state index contributed by atoms with van der Waals surface area (Å²) in [6.07, 6.45) is 1.55. The number of hydrogen-bond acceptors (Lipinski definition) is 4. The predicted molar refractivity (Wildman–Crippen MR) is 83.9 cm³/mol. The molecule has 2 rings (SSSR count). The molecule has 0 aliphatic carbocycles. The first-order chi connectivity index (χ1) is 10.8. The molecule has 0 radical (unpaired) electrons. The molecule has 6 nitrogen and oxygen atoms in total. The van der Waals surface area contributed by atoms with E-state index in [9.17, 15) is 4.79 Å². The second-order valence-corrected chi connectivity index (χ2v) is 4.52. The molecule has 0 atom stereocenters. The summed E-state index contributed by atoms with van der Waals surface area (Å²) in [7, 11) is 1.61. The largest absolute Gasteiger partial charge is 0.475 e. The van der Waals surface area contributed by atoms with E-state index in [-0.39, 0.29) is 6.03 Å². The van der Waals surface area contributed by atoms with Gasteiger partial charge in [0.25, 0.3) is 0 Å². The molecular weight excluding hydrogens is 282 g/mol. The van der Waals surface area contributed by atoms with Crippen molar-refractivity contribution in [3.8, 4) is 5.88 Å². The number of amides is 2. The summed E-state index contributed by atoms with van der Waals surface area (Å²) in [6, 6.07) is 12.9. The van der Waals surface area contributed by atoms with Crippen molar-refractivity contribution >= 4 is 11.7 Å². The summed E-state index contributed by atoms with van der Waals surface area (Å²) >= 11 is 0. The van der Waals surface area contributed by atoms with Gasteiger partial charge in [-0.3, -0.25) is 0 Å². The van der Waals surface area contributed by atoms with Crippen molar-refractivity contribution in [1.82, 2.24) is 10.3 Å². The molecule has 0 saturated carbocycles. The molecule has 0 spiro atoms. The molecule has 0 aliphatic heterocycles. The highest BCUT2D eigenvalue weighted by atomic mass is 16.5. The first-order valence-electron chi connectivity index (χ1n) is 6.94. The number of nitrogens with one attached hydrogen (secondary N) is 2. The zero-order chi connectivity index (χ0) is 15.6. The zero-order valence-electron chi connectivity index (χ0n) is 12.4. The Balaban J connectivity index is 1.76. The van der Waals surface area contributed by atoms with Crippen LogP contribution in [0.3, 0.4) is 0 Å². The zero-order valence-corrected chi connectivity index (χ0v) is 12.4. The van der Waals surface area contributed by atoms with Crippen molar-refractivity contribution < 1.29 is 14.3 Å². The Kier molecular flexibility index (Phi) is 6.19. The maximum atomic E-state index is 11.8. The van der Waals surface area contributed by atoms with Gasteiger partial charge in [-0.1, -0.05) is 30.3 Å². The predicted octanol–water partition coefficient (Wildman–Crippen LogP) is 2.43. The number of methoxy groups -OCH3 is 1. The van der Waals surface area contributed by atoms with Crippen LogP contribution in [-0.2, 0) is 11.3 Å². The summed E-state index contributed by atoms with van der Waals surface area (Å²) < 4.78 is 10.2. The maximum Gasteiger partial charge on any atom is 0.319 e. The summed E-state index contributed by atoms with van der Waals surface area (Å²) in [4.78, 5) is 15.9. The molecule has 2 N–H and O–H groups in total. The number of nitrogens with zero attached hydrogens (tertiary/aromatic N) is 1. The van der Waals surface area contributed by atoms with E-state index in [2.05, 4.69) is 15.6 Å². The summed E-state index contributed by atoms with van der Waals surface area (Å²) in [5.41, 5.74) is 1.64. The third kappa shape index (κ3) is 5.41. The van der Waals surface area contributed by atoms with Gasteiger partial charge in [-0.15, -0.1) is 0 Å². The molecule has 2 aromatic rings. The van der Waals surface area contributed by atoms with Gasteiger partial charge in [0.05, 0.1) is 18.5 Å². The first kappa shape index (κ1) is 15.8. The lowest BCUT2D eigenvalue weighted by atomic mass is 10.2. The quantitative estimate of drug-likeness (QED) is 0.770. The molecule has 1 aromatic heterocycles. The normalized spacial score (nSPS) is 10.0. The van der Waals surface area contributed by atoms with Gasteiger partial charge < -0.3 is 20.1 Å². The van der Waals surface area contributed by atoms with E-state index < -0.39 is 0 Å². The highest BCUT2D eigenvalue weighted by molar-refractivity contribution is 5.88. The molecule has 22 heavy (non-hydrogen) atoms. The molecule has 0 fully saturated rings. The standard InChI is InChI=1S/C16H19N3O3/c1-21-9-10-22-15-8-7-14(12-17-15)19-16(20)18-11-13-5-3-2-4-6-13/h2-8,12H,9-11H2,1H3,(H2,18,19,20). The van der Waals surface area contributed by atoms with Crippen LogP contribution in [0.4, 0.5) is 10.5 Å². The number of benzene rings is 1. The van der Waals surface area contributed by atoms with Gasteiger partial charge in [-0.2, -0.15) is 0 Å². The third-order valence-corrected chi connectivity index (χ3v) is 2.83. The lowest BCUT2D eigenvalue weighted by molar-refractivity contribution is 0.144. The Morgan fingerprint density at radius 2 is 1.95 bits per heavy atom. The number of carbonyl (C=O) groups is 1. The fraction of sp³-hybridized carbons (Fsp3) is 0.250. The minimum Gasteiger partial charge on any atom is -0.475 e. The molecule has 1 aromatic carbocycles. The second kappa shape index (κ2) is 8.63. The summed E-state index contributed by atoms with van der Waals surface area (Å²) in [5.74, 6) is 0.493. The maximum absolute atomic E-state index is 11.8. The van der Waals surface area contributed by atoms with E-state index in [1.807, 2.05) is 30.3 Å². The Morgan fingerprint density at radius 3 is 2.64 bits per heavy atom. The molecule has 0 saturated heterocycles. The highest BCUT2D eigenvalue weighted by Gasteiger charge is 2.03. The van der Waals surface area contributed by atoms with Crippen molar-refractivity contribution in [2.24, 2.45) is 0 Å². The van der Waals surface area contributed by atoms with Gasteiger partial charge in [-0.25, -0.2) is 9.78 Å². The van der Waals surface area contributed by atoms with Gasteiger partial charge in [0, 0.05) is 19.7 Å². The van der Waals surface area contributed by atoms with Crippen LogP contribution in [-0.4, -0.2) is 31.3 Å². The number of aromatic nitrogens is 1. The van der Waals surface area contributed by atoms with Gasteiger partial charge >= 0.3 is 6.03 Å². The number of anilines is 1. The smallest absolute Gasteiger partial charge is 0.319 e. The fourth-order valence-electron chi connectivity index (χ4n) is 1.72. The molecule has 6 heteroatoms. The molecule has 2 amide bonds. The average Bonchev–Trinajstić information content (AvgIpc) is 2.56. The van der Waals surface area contributed by atoms with Crippen LogP contribution in [0.2, 0.25) is 0 Å². The van der Waals surface area contributed by atoms with E-state index >= 15 is 0 Å². The van der Waals surface area contributed by atoms with E-state index in [0.29, 0.717) is 31.3 Å². The van der Waals surface area contributed by atoms with Crippen LogP contribution >= 0.6 is 0 Å². The van der Waals surface area contributed by atoms with Crippen molar-refractivity contribution in [3.63, 3.8) is 0 Å². The van der Waals surface area contributed by atoms with Gasteiger partial charge in [0.2, 0.25) is 5.88 Å². The van der Waals surface area contributed by atoms with Crippen molar-refractivity contribution in [3.05, 3.63) is 54.2 Å². The van der Waals surface area contributed by atoms with Crippen LogP contribution < -0.4 is 15.4 Å². The molecular formula is C16H19N3O3. The van der Waals surface area contributed by atoms with Gasteiger partial charge in [-0.05, 0) is 11.6 Å². The van der Waals surface area contributed by atoms with Crippen molar-refractivity contribution in [2.75, 3.05) is 25.6 Å². The number of ether oxygens (including phenoxy) is 2. The van der Waals surface area contributed by atoms with E-state index in [1.54, 1.807) is 25.4 Å². The average molecular weight is 301 g/mol. The van der Waals surface area contributed by atoms with Crippen LogP contribution in [0.5, 0.6) is 5.88 Å². The Bertz CT molecular complexity index is 573. The lowest BCUT2D eigenvalue weighted by Crippen LogP contribution is -2.28. The molecule has 0 unspecified atom stereocenters. The molecule has 1 heterocycles. The number of pyridine rings is 1. The SMILES string of the molecule is COCCOc1ccc(NC(=O)NCc2ccccc2)cn1. The number of carbonyl (C=O) groups excluding carboxylic acids is 1. The molecule has 0 aliphatic rings. The van der Waals surface area contributed by atoms with Crippen LogP contribution in [0, 0.1) is 0 Å². The van der Waals surface area contributed by atoms with E-state index in [0.717, 1.165) is 5.56 Å². The second-order valence-electron chi connectivity index (χ2n) is 4.52. The van der Waals surface area contributed by atoms with Gasteiger partial charge in [0.15, 0.2) is 0 Å². The Labute approximate surface area is 129 Å². The van der Waals surface area contributed by atoms with E-state index in [1.165, 1.54) is 0 Å². The number of hydrogen-bond donors (Lipinski definition) is 2. The highest BCUT2D eigenvalue weighted by Crippen LogP contribution is 2.11. The van der Waals surface area contributed by atoms with Crippen LogP contribution in [0.15, 0.2) is 48.7 Å². The number of rotatable bonds is 7. The van der Waals surface area contributed by atoms with Crippen molar-refractivity contribution in [2.45, 2.75) is 6.54 Å². The minimum atomic E-state index is -0.279. The Morgan fingerprint density at radius 1 is 1.14 bits per heavy atom. The van der Waals surface area contributed by atoms with Gasteiger partial charge in [0.1, 0.15) is 6.61 Å². The molecule has 0 bridgehead atoms. The minimum absolute atomic E-state index is 0.279. The monoisotopic (exact) mass is 301 g/mol. The first-order valence-corrected chi connectivity index (χ1v) is 6.94. The Hall–Kier alpha value is -2.60. The molecule has 116 valence electrons. The van der Waals surface area contributed by atoms with Crippen LogP contribution in [0.25, 0.3) is 0 Å². The summed E-state index contributed by atoms with van der Waals surface area (Å²) in [6.45, 7) is 1.41. The third-order valence-electron chi connectivity index (χ3n) is 2.83. The van der Waals surface area contributed by atoms with Crippen LogP contribution in [0.1, 0.15) is 5.56 Å². The fourth-order valence-corrected chi connectivity index (χ4v) is 1.72. The topological polar surface area (TPSA) is 72.5 Å². The lowest BCUT2D eigenvalue weighted by Gasteiger charge is -2.08. The number of urea groups is 1. The van der Waals surface area contributed by atoms with Crippen molar-refractivity contribution in [1.29, 1.82) is 0 Å². The summed E-state index contributed by atoms with van der Waals surface area (Å²) in [5, 5.41) is 5.49. The van der Waals surface area contributed by atoms with E-state index in [4.69, 9.17) is 9.47 Å².